The Morgan fingerprint density at radius 2 is 2.50 bits per heavy atom. The molecule has 0 amide bonds. The fraction of sp³-hybridized carbons (Fsp3) is 0.500. The molecule has 0 saturated carbocycles. The van der Waals surface area contributed by atoms with E-state index in [0.717, 1.165) is 11.4 Å². The molecule has 0 saturated heterocycles. The number of guanidine groups is 1. The zero-order chi connectivity index (χ0) is 13.4. The van der Waals surface area contributed by atoms with Gasteiger partial charge in [0.05, 0.1) is 17.8 Å². The van der Waals surface area contributed by atoms with Crippen LogP contribution in [0.15, 0.2) is 11.3 Å². The zero-order valence-corrected chi connectivity index (χ0v) is 11.2. The number of hydrogen-bond acceptors (Lipinski definition) is 4. The largest absolute Gasteiger partial charge is 0.355 e. The summed E-state index contributed by atoms with van der Waals surface area (Å²) in [5.74, 6) is 1.28. The first-order valence-electron chi connectivity index (χ1n) is 5.37. The van der Waals surface area contributed by atoms with Crippen molar-refractivity contribution in [3.63, 3.8) is 0 Å². The van der Waals surface area contributed by atoms with Crippen molar-refractivity contribution >= 4 is 16.8 Å². The molecule has 0 radical (unpaired) electrons. The van der Waals surface area contributed by atoms with Gasteiger partial charge in [0.2, 0.25) is 5.96 Å². The average Bonchev–Trinajstić information content (AvgIpc) is 2.74. The number of nitrogens with one attached hydrogen (secondary N) is 3. The summed E-state index contributed by atoms with van der Waals surface area (Å²) < 4.78 is 11.8. The fourth-order valence-corrected chi connectivity index (χ4v) is 2.34. The van der Waals surface area contributed by atoms with Crippen LogP contribution in [0.5, 0.6) is 0 Å². The third-order valence-electron chi connectivity index (χ3n) is 2.25. The van der Waals surface area contributed by atoms with Crippen LogP contribution in [0.25, 0.3) is 0 Å². The topological polar surface area (TPSA) is 106 Å². The van der Waals surface area contributed by atoms with Crippen LogP contribution in [0.4, 0.5) is 0 Å². The molecule has 0 aliphatic rings. The number of hydrogen-bond donors (Lipinski definition) is 3. The maximum atomic E-state index is 11.8. The molecule has 98 valence electrons. The number of H-pyrrole nitrogens is 1. The smallest absolute Gasteiger partial charge is 0.204 e. The predicted molar refractivity (Wildman–Crippen MR) is 70.1 cm³/mol. The molecule has 0 bridgehead atoms. The van der Waals surface area contributed by atoms with E-state index in [0.29, 0.717) is 24.0 Å². The van der Waals surface area contributed by atoms with Crippen LogP contribution in [0.3, 0.4) is 0 Å². The number of aryl methyl sites for hydroxylation is 1. The van der Waals surface area contributed by atoms with Crippen molar-refractivity contribution in [3.05, 3.63) is 17.7 Å². The molecule has 0 spiro atoms. The van der Waals surface area contributed by atoms with Gasteiger partial charge in [-0.15, -0.1) is 0 Å². The zero-order valence-electron chi connectivity index (χ0n) is 10.4. The Kier molecular flexibility index (Phi) is 5.87. The number of nitriles is 1. The number of rotatable bonds is 5. The van der Waals surface area contributed by atoms with Gasteiger partial charge in [0, 0.05) is 35.8 Å². The lowest BCUT2D eigenvalue weighted by atomic mass is 10.4. The van der Waals surface area contributed by atoms with Gasteiger partial charge in [-0.25, -0.2) is 4.98 Å². The Balaban J connectivity index is 2.30. The van der Waals surface area contributed by atoms with E-state index in [-0.39, 0.29) is 0 Å². The summed E-state index contributed by atoms with van der Waals surface area (Å²) in [7, 11) is 0.573. The molecule has 3 N–H and O–H groups in total. The summed E-state index contributed by atoms with van der Waals surface area (Å²) in [6.07, 6.45) is 3.36. The maximum Gasteiger partial charge on any atom is 0.204 e. The highest BCUT2D eigenvalue weighted by Gasteiger charge is 2.07. The van der Waals surface area contributed by atoms with Gasteiger partial charge < -0.3 is 10.3 Å². The first kappa shape index (κ1) is 14.2. The van der Waals surface area contributed by atoms with Crippen molar-refractivity contribution in [2.24, 2.45) is 4.99 Å². The third-order valence-corrected chi connectivity index (χ3v) is 3.51. The van der Waals surface area contributed by atoms with E-state index >= 15 is 0 Å². The van der Waals surface area contributed by atoms with Crippen LogP contribution in [0.2, 0.25) is 0 Å². The molecular weight excluding hydrogens is 252 g/mol. The SMILES string of the molecule is CN=C(NC#N)NCCS(=O)Cc1nc[nH]c1C. The lowest BCUT2D eigenvalue weighted by Gasteiger charge is -2.06. The van der Waals surface area contributed by atoms with Gasteiger partial charge in [-0.2, -0.15) is 5.26 Å². The van der Waals surface area contributed by atoms with Crippen molar-refractivity contribution in [3.8, 4) is 6.19 Å². The number of aliphatic imine (C=N–C) groups is 1. The highest BCUT2D eigenvalue weighted by molar-refractivity contribution is 7.84. The van der Waals surface area contributed by atoms with Gasteiger partial charge in [-0.1, -0.05) is 0 Å². The van der Waals surface area contributed by atoms with Crippen molar-refractivity contribution in [2.45, 2.75) is 12.7 Å². The summed E-state index contributed by atoms with van der Waals surface area (Å²) in [4.78, 5) is 10.9. The third kappa shape index (κ3) is 4.55. The number of imidazole rings is 1. The van der Waals surface area contributed by atoms with Gasteiger partial charge in [0.1, 0.15) is 0 Å². The van der Waals surface area contributed by atoms with Crippen LogP contribution >= 0.6 is 0 Å². The highest BCUT2D eigenvalue weighted by Crippen LogP contribution is 2.03. The first-order chi connectivity index (χ1) is 8.67. The van der Waals surface area contributed by atoms with E-state index in [1.165, 1.54) is 0 Å². The minimum atomic E-state index is -0.993. The van der Waals surface area contributed by atoms with E-state index < -0.39 is 10.8 Å². The second kappa shape index (κ2) is 7.45. The minimum absolute atomic E-state index is 0.380. The Morgan fingerprint density at radius 3 is 3.06 bits per heavy atom. The lowest BCUT2D eigenvalue weighted by Crippen LogP contribution is -2.36. The molecule has 1 aromatic rings. The van der Waals surface area contributed by atoms with E-state index in [2.05, 4.69) is 25.6 Å². The molecule has 0 aromatic carbocycles. The quantitative estimate of drug-likeness (QED) is 0.292. The van der Waals surface area contributed by atoms with Gasteiger partial charge in [-0.05, 0) is 6.92 Å². The molecule has 18 heavy (non-hydrogen) atoms. The molecule has 7 nitrogen and oxygen atoms in total. The van der Waals surface area contributed by atoms with Gasteiger partial charge >= 0.3 is 0 Å². The molecule has 8 heteroatoms. The van der Waals surface area contributed by atoms with Crippen LogP contribution < -0.4 is 10.6 Å². The van der Waals surface area contributed by atoms with E-state index in [1.54, 1.807) is 19.6 Å². The standard InChI is InChI=1S/C10H16N6OS/c1-8-9(16-7-15-8)5-18(17)4-3-13-10(12-2)14-6-11/h7H,3-5H2,1-2H3,(H,15,16)(H2,12,13,14). The molecule has 1 heterocycles. The van der Waals surface area contributed by atoms with Crippen molar-refractivity contribution in [1.29, 1.82) is 5.26 Å². The molecule has 1 unspecified atom stereocenters. The second-order valence-electron chi connectivity index (χ2n) is 3.50. The second-order valence-corrected chi connectivity index (χ2v) is 5.07. The Bertz CT molecular complexity index is 475. The maximum absolute atomic E-state index is 11.8. The fourth-order valence-electron chi connectivity index (χ4n) is 1.27. The molecule has 0 aliphatic heterocycles. The molecule has 1 aromatic heterocycles. The van der Waals surface area contributed by atoms with E-state index in [9.17, 15) is 4.21 Å². The molecule has 0 aliphatic carbocycles. The summed E-state index contributed by atoms with van der Waals surface area (Å²) in [6, 6.07) is 0. The summed E-state index contributed by atoms with van der Waals surface area (Å²) in [6.45, 7) is 2.38. The number of aromatic nitrogens is 2. The molecular formula is C10H16N6OS. The first-order valence-corrected chi connectivity index (χ1v) is 6.85. The Hall–Kier alpha value is -1.88. The monoisotopic (exact) mass is 268 g/mol. The van der Waals surface area contributed by atoms with Gasteiger partial charge in [0.15, 0.2) is 6.19 Å². The summed E-state index contributed by atoms with van der Waals surface area (Å²) in [5, 5.41) is 13.7. The van der Waals surface area contributed by atoms with Gasteiger partial charge in [-0.3, -0.25) is 14.5 Å². The van der Waals surface area contributed by atoms with Crippen LogP contribution in [0, 0.1) is 18.4 Å². The van der Waals surface area contributed by atoms with Crippen LogP contribution in [-0.2, 0) is 16.6 Å². The van der Waals surface area contributed by atoms with E-state index in [4.69, 9.17) is 5.26 Å². The minimum Gasteiger partial charge on any atom is -0.355 e. The van der Waals surface area contributed by atoms with E-state index in [1.807, 2.05) is 6.92 Å². The van der Waals surface area contributed by atoms with Crippen molar-refractivity contribution in [2.75, 3.05) is 19.3 Å². The van der Waals surface area contributed by atoms with Crippen LogP contribution in [-0.4, -0.2) is 39.5 Å². The predicted octanol–water partition coefficient (Wildman–Crippen LogP) is -0.387. The average molecular weight is 268 g/mol. The van der Waals surface area contributed by atoms with Crippen LogP contribution in [0.1, 0.15) is 11.4 Å². The number of nitrogens with zero attached hydrogens (tertiary/aromatic N) is 3. The molecule has 1 atom stereocenters. The highest BCUT2D eigenvalue weighted by atomic mass is 32.2. The van der Waals surface area contributed by atoms with Crippen molar-refractivity contribution in [1.82, 2.24) is 20.6 Å². The normalized spacial score (nSPS) is 12.8. The molecule has 1 rings (SSSR count). The summed E-state index contributed by atoms with van der Waals surface area (Å²) in [5.41, 5.74) is 1.77. The Morgan fingerprint density at radius 1 is 1.72 bits per heavy atom. The molecule has 0 fully saturated rings. The van der Waals surface area contributed by atoms with Gasteiger partial charge in [0.25, 0.3) is 0 Å². The summed E-state index contributed by atoms with van der Waals surface area (Å²) >= 11 is 0. The van der Waals surface area contributed by atoms with Crippen molar-refractivity contribution < 1.29 is 4.21 Å². The number of aromatic amines is 1. The Labute approximate surface area is 108 Å². The lowest BCUT2D eigenvalue weighted by molar-refractivity contribution is 0.680.